The van der Waals surface area contributed by atoms with E-state index in [0.29, 0.717) is 26.1 Å². The van der Waals surface area contributed by atoms with Crippen molar-refractivity contribution in [3.8, 4) is 0 Å². The summed E-state index contributed by atoms with van der Waals surface area (Å²) in [7, 11) is 0. The molecule has 0 bridgehead atoms. The summed E-state index contributed by atoms with van der Waals surface area (Å²) in [5.74, 6) is -0.292. The van der Waals surface area contributed by atoms with Crippen molar-refractivity contribution in [1.82, 2.24) is 5.32 Å². The van der Waals surface area contributed by atoms with Crippen molar-refractivity contribution < 1.29 is 13.9 Å². The van der Waals surface area contributed by atoms with Crippen LogP contribution in [0, 0.1) is 5.82 Å². The van der Waals surface area contributed by atoms with Gasteiger partial charge in [-0.1, -0.05) is 12.1 Å². The Morgan fingerprint density at radius 2 is 1.90 bits per heavy atom. The van der Waals surface area contributed by atoms with E-state index in [1.165, 1.54) is 12.1 Å². The molecule has 114 valence electrons. The van der Waals surface area contributed by atoms with Crippen LogP contribution >= 0.6 is 0 Å². The van der Waals surface area contributed by atoms with Crippen molar-refractivity contribution >= 4 is 5.91 Å². The Bertz CT molecular complexity index is 512. The van der Waals surface area contributed by atoms with Crippen LogP contribution in [0.25, 0.3) is 0 Å². The molecule has 1 amide bonds. The van der Waals surface area contributed by atoms with Crippen LogP contribution in [-0.2, 0) is 14.9 Å². The van der Waals surface area contributed by atoms with Gasteiger partial charge in [-0.25, -0.2) is 4.39 Å². The van der Waals surface area contributed by atoms with Crippen LogP contribution in [0.1, 0.15) is 31.2 Å². The summed E-state index contributed by atoms with van der Waals surface area (Å²) in [4.78, 5) is 12.8. The third-order valence-corrected chi connectivity index (χ3v) is 4.82. The van der Waals surface area contributed by atoms with Crippen LogP contribution < -0.4 is 11.1 Å². The molecule has 2 aliphatic rings. The van der Waals surface area contributed by atoms with E-state index in [1.54, 1.807) is 12.1 Å². The van der Waals surface area contributed by atoms with Gasteiger partial charge < -0.3 is 15.8 Å². The van der Waals surface area contributed by atoms with Gasteiger partial charge in [0.1, 0.15) is 5.82 Å². The average Bonchev–Trinajstić information content (AvgIpc) is 2.52. The first-order chi connectivity index (χ1) is 10.1. The molecule has 1 aliphatic heterocycles. The third-order valence-electron chi connectivity index (χ3n) is 4.82. The molecule has 2 atom stereocenters. The molecule has 0 radical (unpaired) electrons. The number of ether oxygens (including phenoxy) is 1. The first-order valence-corrected chi connectivity index (χ1v) is 7.52. The van der Waals surface area contributed by atoms with E-state index in [4.69, 9.17) is 10.5 Å². The molecule has 0 aromatic heterocycles. The zero-order valence-corrected chi connectivity index (χ0v) is 12.0. The molecular formula is C16H21FN2O2. The van der Waals surface area contributed by atoms with E-state index in [-0.39, 0.29) is 23.8 Å². The highest BCUT2D eigenvalue weighted by atomic mass is 19.1. The molecule has 1 saturated heterocycles. The minimum atomic E-state index is -0.624. The Hall–Kier alpha value is -1.46. The molecule has 1 aromatic rings. The van der Waals surface area contributed by atoms with Crippen LogP contribution in [-0.4, -0.2) is 31.2 Å². The Kier molecular flexibility index (Phi) is 3.95. The van der Waals surface area contributed by atoms with E-state index in [1.807, 2.05) is 0 Å². The fraction of sp³-hybridized carbons (Fsp3) is 0.562. The van der Waals surface area contributed by atoms with Crippen LogP contribution in [0.15, 0.2) is 24.3 Å². The molecule has 3 rings (SSSR count). The van der Waals surface area contributed by atoms with Gasteiger partial charge in [0.25, 0.3) is 0 Å². The average molecular weight is 292 g/mol. The SMILES string of the molecule is N[C@@H]1CC[C@@H]1NC(=O)C1(c2ccc(F)cc2)CCOCC1. The fourth-order valence-corrected chi connectivity index (χ4v) is 3.15. The summed E-state index contributed by atoms with van der Waals surface area (Å²) in [5, 5.41) is 3.08. The number of halogens is 1. The van der Waals surface area contributed by atoms with Gasteiger partial charge in [0.15, 0.2) is 0 Å². The monoisotopic (exact) mass is 292 g/mol. The molecule has 2 fully saturated rings. The summed E-state index contributed by atoms with van der Waals surface area (Å²) in [5.41, 5.74) is 6.15. The maximum absolute atomic E-state index is 13.2. The number of carbonyl (C=O) groups excluding carboxylic acids is 1. The van der Waals surface area contributed by atoms with Gasteiger partial charge in [-0.15, -0.1) is 0 Å². The Balaban J connectivity index is 1.85. The predicted molar refractivity (Wildman–Crippen MR) is 77.3 cm³/mol. The summed E-state index contributed by atoms with van der Waals surface area (Å²) in [6.45, 7) is 1.09. The second kappa shape index (κ2) is 5.73. The third kappa shape index (κ3) is 2.68. The molecular weight excluding hydrogens is 271 g/mol. The Morgan fingerprint density at radius 3 is 2.43 bits per heavy atom. The number of amides is 1. The van der Waals surface area contributed by atoms with Gasteiger partial charge in [0.05, 0.1) is 5.41 Å². The second-order valence-electron chi connectivity index (χ2n) is 6.02. The quantitative estimate of drug-likeness (QED) is 0.887. The standard InChI is InChI=1S/C16H21FN2O2/c17-12-3-1-11(2-4-12)16(7-9-21-10-8-16)15(20)19-14-6-5-13(14)18/h1-4,13-14H,5-10,18H2,(H,19,20)/t13-,14+/m1/s1. The molecule has 1 aromatic carbocycles. The molecule has 4 nitrogen and oxygen atoms in total. The van der Waals surface area contributed by atoms with Gasteiger partial charge in [-0.2, -0.15) is 0 Å². The molecule has 1 heterocycles. The molecule has 1 saturated carbocycles. The van der Waals surface area contributed by atoms with Crippen LogP contribution in [0.3, 0.4) is 0 Å². The number of nitrogens with two attached hydrogens (primary N) is 1. The van der Waals surface area contributed by atoms with Gasteiger partial charge >= 0.3 is 0 Å². The topological polar surface area (TPSA) is 64.3 Å². The number of benzene rings is 1. The largest absolute Gasteiger partial charge is 0.381 e. The molecule has 0 unspecified atom stereocenters. The van der Waals surface area contributed by atoms with E-state index in [2.05, 4.69) is 5.32 Å². The molecule has 21 heavy (non-hydrogen) atoms. The maximum Gasteiger partial charge on any atom is 0.231 e. The van der Waals surface area contributed by atoms with Gasteiger partial charge in [-0.05, 0) is 43.4 Å². The summed E-state index contributed by atoms with van der Waals surface area (Å²) >= 11 is 0. The zero-order valence-electron chi connectivity index (χ0n) is 12.0. The molecule has 0 spiro atoms. The predicted octanol–water partition coefficient (Wildman–Crippen LogP) is 1.48. The highest BCUT2D eigenvalue weighted by Crippen LogP contribution is 2.36. The minimum Gasteiger partial charge on any atom is -0.381 e. The Labute approximate surface area is 123 Å². The van der Waals surface area contributed by atoms with Crippen LogP contribution in [0.2, 0.25) is 0 Å². The van der Waals surface area contributed by atoms with Crippen LogP contribution in [0.4, 0.5) is 4.39 Å². The van der Waals surface area contributed by atoms with Gasteiger partial charge in [0.2, 0.25) is 5.91 Å². The first kappa shape index (κ1) is 14.5. The second-order valence-corrected chi connectivity index (χ2v) is 6.02. The number of hydrogen-bond donors (Lipinski definition) is 2. The highest BCUT2D eigenvalue weighted by molar-refractivity contribution is 5.88. The lowest BCUT2D eigenvalue weighted by atomic mass is 9.72. The van der Waals surface area contributed by atoms with Crippen molar-refractivity contribution in [2.24, 2.45) is 5.73 Å². The van der Waals surface area contributed by atoms with Gasteiger partial charge in [-0.3, -0.25) is 4.79 Å². The summed E-state index contributed by atoms with van der Waals surface area (Å²) < 4.78 is 18.6. The Morgan fingerprint density at radius 1 is 1.24 bits per heavy atom. The summed E-state index contributed by atoms with van der Waals surface area (Å²) in [6.07, 6.45) is 3.12. The maximum atomic E-state index is 13.2. The lowest BCUT2D eigenvalue weighted by molar-refractivity contribution is -0.132. The van der Waals surface area contributed by atoms with Crippen LogP contribution in [0.5, 0.6) is 0 Å². The molecule has 5 heteroatoms. The normalized spacial score (nSPS) is 27.7. The smallest absolute Gasteiger partial charge is 0.231 e. The first-order valence-electron chi connectivity index (χ1n) is 7.52. The number of carbonyl (C=O) groups is 1. The van der Waals surface area contributed by atoms with Crippen molar-refractivity contribution in [1.29, 1.82) is 0 Å². The van der Waals surface area contributed by atoms with E-state index in [0.717, 1.165) is 18.4 Å². The van der Waals surface area contributed by atoms with Crippen molar-refractivity contribution in [2.45, 2.75) is 43.2 Å². The fourth-order valence-electron chi connectivity index (χ4n) is 3.15. The van der Waals surface area contributed by atoms with Crippen molar-refractivity contribution in [2.75, 3.05) is 13.2 Å². The molecule has 1 aliphatic carbocycles. The minimum absolute atomic E-state index is 0.00226. The molecule has 3 N–H and O–H groups in total. The van der Waals surface area contributed by atoms with E-state index >= 15 is 0 Å². The van der Waals surface area contributed by atoms with E-state index < -0.39 is 5.41 Å². The zero-order chi connectivity index (χ0) is 14.9. The van der Waals surface area contributed by atoms with Crippen molar-refractivity contribution in [3.63, 3.8) is 0 Å². The van der Waals surface area contributed by atoms with Gasteiger partial charge in [0, 0.05) is 25.3 Å². The number of rotatable bonds is 3. The highest BCUT2D eigenvalue weighted by Gasteiger charge is 2.43. The van der Waals surface area contributed by atoms with Crippen molar-refractivity contribution in [3.05, 3.63) is 35.6 Å². The number of nitrogens with one attached hydrogen (secondary N) is 1. The lowest BCUT2D eigenvalue weighted by Gasteiger charge is -2.41. The van der Waals surface area contributed by atoms with E-state index in [9.17, 15) is 9.18 Å². The summed E-state index contributed by atoms with van der Waals surface area (Å²) in [6, 6.07) is 6.36. The number of hydrogen-bond acceptors (Lipinski definition) is 3. The lowest BCUT2D eigenvalue weighted by Crippen LogP contribution is -2.59.